The Balaban J connectivity index is 1.57. The van der Waals surface area contributed by atoms with E-state index in [4.69, 9.17) is 0 Å². The van der Waals surface area contributed by atoms with E-state index in [-0.39, 0.29) is 17.5 Å². The Labute approximate surface area is 167 Å². The van der Waals surface area contributed by atoms with E-state index in [1.54, 1.807) is 4.90 Å². The average Bonchev–Trinajstić information content (AvgIpc) is 3.49. The summed E-state index contributed by atoms with van der Waals surface area (Å²) in [5.74, 6) is -2.62. The zero-order valence-corrected chi connectivity index (χ0v) is 16.2. The molecule has 8 heteroatoms. The SMILES string of the molecule is C[C@@]1(c2cc(F)ccc2F)NC(=O)N(CC(=O)N(C2=CCCCC2)C2CC2)C1=O. The van der Waals surface area contributed by atoms with Crippen LogP contribution in [0.15, 0.2) is 30.0 Å². The highest BCUT2D eigenvalue weighted by atomic mass is 19.1. The summed E-state index contributed by atoms with van der Waals surface area (Å²) in [5, 5.41) is 2.43. The summed E-state index contributed by atoms with van der Waals surface area (Å²) < 4.78 is 27.9. The van der Waals surface area contributed by atoms with Crippen molar-refractivity contribution in [3.05, 3.63) is 47.2 Å². The number of amides is 4. The Hall–Kier alpha value is -2.77. The molecule has 1 atom stereocenters. The van der Waals surface area contributed by atoms with Crippen LogP contribution in [0.25, 0.3) is 0 Å². The van der Waals surface area contributed by atoms with E-state index in [9.17, 15) is 23.2 Å². The monoisotopic (exact) mass is 403 g/mol. The summed E-state index contributed by atoms with van der Waals surface area (Å²) in [7, 11) is 0. The quantitative estimate of drug-likeness (QED) is 0.768. The molecule has 1 aliphatic heterocycles. The number of imide groups is 1. The van der Waals surface area contributed by atoms with E-state index < -0.39 is 35.7 Å². The number of nitrogens with zero attached hydrogens (tertiary/aromatic N) is 2. The number of allylic oxidation sites excluding steroid dienone is 2. The van der Waals surface area contributed by atoms with E-state index in [1.165, 1.54) is 6.92 Å². The van der Waals surface area contributed by atoms with E-state index in [0.717, 1.165) is 67.3 Å². The number of carbonyl (C=O) groups is 3. The number of halogens is 2. The van der Waals surface area contributed by atoms with Gasteiger partial charge < -0.3 is 10.2 Å². The van der Waals surface area contributed by atoms with Crippen molar-refractivity contribution < 1.29 is 23.2 Å². The van der Waals surface area contributed by atoms with E-state index >= 15 is 0 Å². The van der Waals surface area contributed by atoms with Gasteiger partial charge in [0.1, 0.15) is 23.7 Å². The largest absolute Gasteiger partial charge is 0.325 e. The molecule has 1 heterocycles. The molecule has 1 saturated heterocycles. The van der Waals surface area contributed by atoms with Crippen molar-refractivity contribution in [3.63, 3.8) is 0 Å². The molecule has 0 radical (unpaired) electrons. The summed E-state index contributed by atoms with van der Waals surface area (Å²) in [6, 6.07) is 2.06. The topological polar surface area (TPSA) is 69.7 Å². The number of carbonyl (C=O) groups excluding carboxylic acids is 3. The minimum atomic E-state index is -1.77. The third-order valence-electron chi connectivity index (χ3n) is 5.79. The van der Waals surface area contributed by atoms with Crippen LogP contribution in [-0.4, -0.2) is 40.2 Å². The molecule has 4 rings (SSSR count). The van der Waals surface area contributed by atoms with Crippen molar-refractivity contribution in [2.75, 3.05) is 6.54 Å². The number of urea groups is 1. The van der Waals surface area contributed by atoms with E-state index in [1.807, 2.05) is 0 Å². The molecule has 0 bridgehead atoms. The fraction of sp³-hybridized carbons (Fsp3) is 0.476. The van der Waals surface area contributed by atoms with Crippen LogP contribution < -0.4 is 5.32 Å². The summed E-state index contributed by atoms with van der Waals surface area (Å²) in [6.07, 6.45) is 7.65. The van der Waals surface area contributed by atoms with Crippen LogP contribution >= 0.6 is 0 Å². The van der Waals surface area contributed by atoms with E-state index in [2.05, 4.69) is 11.4 Å². The molecule has 4 amide bonds. The lowest BCUT2D eigenvalue weighted by atomic mass is 9.91. The van der Waals surface area contributed by atoms with Crippen LogP contribution in [0.2, 0.25) is 0 Å². The second-order valence-corrected chi connectivity index (χ2v) is 8.01. The molecule has 2 fully saturated rings. The average molecular weight is 403 g/mol. The predicted molar refractivity (Wildman–Crippen MR) is 100 cm³/mol. The Kier molecular flexibility index (Phi) is 4.88. The summed E-state index contributed by atoms with van der Waals surface area (Å²) in [6.45, 7) is 0.892. The fourth-order valence-electron chi connectivity index (χ4n) is 4.09. The van der Waals surface area contributed by atoms with Crippen molar-refractivity contribution >= 4 is 17.8 Å². The van der Waals surface area contributed by atoms with Gasteiger partial charge in [0.05, 0.1) is 0 Å². The molecule has 3 aliphatic rings. The molecule has 29 heavy (non-hydrogen) atoms. The second kappa shape index (κ2) is 7.24. The summed E-state index contributed by atoms with van der Waals surface area (Å²) >= 11 is 0. The second-order valence-electron chi connectivity index (χ2n) is 8.01. The van der Waals surface area contributed by atoms with Crippen molar-refractivity contribution in [3.8, 4) is 0 Å². The molecule has 1 aromatic rings. The number of hydrogen-bond acceptors (Lipinski definition) is 3. The molecule has 1 aromatic carbocycles. The van der Waals surface area contributed by atoms with Crippen LogP contribution in [0, 0.1) is 11.6 Å². The number of nitrogens with one attached hydrogen (secondary N) is 1. The maximum atomic E-state index is 14.3. The Morgan fingerprint density at radius 1 is 1.28 bits per heavy atom. The number of benzene rings is 1. The van der Waals surface area contributed by atoms with Gasteiger partial charge in [0.15, 0.2) is 0 Å². The van der Waals surface area contributed by atoms with Crippen LogP contribution in [-0.2, 0) is 15.1 Å². The maximum Gasteiger partial charge on any atom is 0.325 e. The first-order valence-corrected chi connectivity index (χ1v) is 9.92. The lowest BCUT2D eigenvalue weighted by Crippen LogP contribution is -2.45. The molecule has 2 aliphatic carbocycles. The standard InChI is InChI=1S/C21H23F2N3O3/c1-21(16-11-13(22)7-10-17(16)23)19(28)25(20(29)24-21)12-18(27)26(15-8-9-15)14-5-3-2-4-6-14/h5,7,10-11,15H,2-4,6,8-9,12H2,1H3,(H,24,29)/t21-/m0/s1. The van der Waals surface area contributed by atoms with Gasteiger partial charge in [0.2, 0.25) is 5.91 Å². The van der Waals surface area contributed by atoms with Crippen LogP contribution in [0.4, 0.5) is 13.6 Å². The zero-order chi connectivity index (χ0) is 20.8. The smallest absolute Gasteiger partial charge is 0.319 e. The van der Waals surface area contributed by atoms with E-state index in [0.29, 0.717) is 0 Å². The van der Waals surface area contributed by atoms with Crippen molar-refractivity contribution in [1.82, 2.24) is 15.1 Å². The maximum absolute atomic E-state index is 14.3. The lowest BCUT2D eigenvalue weighted by Gasteiger charge is -2.29. The third-order valence-corrected chi connectivity index (χ3v) is 5.79. The minimum Gasteiger partial charge on any atom is -0.319 e. The van der Waals surface area contributed by atoms with Crippen LogP contribution in [0.3, 0.4) is 0 Å². The van der Waals surface area contributed by atoms with Gasteiger partial charge in [-0.3, -0.25) is 14.5 Å². The Morgan fingerprint density at radius 3 is 2.69 bits per heavy atom. The first-order valence-electron chi connectivity index (χ1n) is 9.92. The fourth-order valence-corrected chi connectivity index (χ4v) is 4.09. The van der Waals surface area contributed by atoms with Gasteiger partial charge in [-0.15, -0.1) is 0 Å². The Bertz CT molecular complexity index is 912. The molecular formula is C21H23F2N3O3. The summed E-state index contributed by atoms with van der Waals surface area (Å²) in [5.41, 5.74) is -1.08. The third kappa shape index (κ3) is 3.52. The molecule has 0 unspecified atom stereocenters. The first-order chi connectivity index (χ1) is 13.8. The highest BCUT2D eigenvalue weighted by Gasteiger charge is 2.51. The van der Waals surface area contributed by atoms with Crippen LogP contribution in [0.5, 0.6) is 0 Å². The molecule has 0 spiro atoms. The highest BCUT2D eigenvalue weighted by Crippen LogP contribution is 2.35. The molecule has 0 aromatic heterocycles. The van der Waals surface area contributed by atoms with Gasteiger partial charge in [-0.2, -0.15) is 0 Å². The van der Waals surface area contributed by atoms with Crippen molar-refractivity contribution in [2.24, 2.45) is 0 Å². The van der Waals surface area contributed by atoms with Gasteiger partial charge in [-0.05, 0) is 63.6 Å². The Morgan fingerprint density at radius 2 is 2.03 bits per heavy atom. The number of hydrogen-bond donors (Lipinski definition) is 1. The van der Waals surface area contributed by atoms with Gasteiger partial charge in [0.25, 0.3) is 5.91 Å². The van der Waals surface area contributed by atoms with Crippen molar-refractivity contribution in [2.45, 2.75) is 57.0 Å². The van der Waals surface area contributed by atoms with Gasteiger partial charge in [-0.25, -0.2) is 13.6 Å². The number of rotatable bonds is 5. The zero-order valence-electron chi connectivity index (χ0n) is 16.2. The minimum absolute atomic E-state index is 0.111. The van der Waals surface area contributed by atoms with Gasteiger partial charge in [0, 0.05) is 17.3 Å². The van der Waals surface area contributed by atoms with Gasteiger partial charge in [-0.1, -0.05) is 6.08 Å². The summed E-state index contributed by atoms with van der Waals surface area (Å²) in [4.78, 5) is 41.0. The van der Waals surface area contributed by atoms with Gasteiger partial charge >= 0.3 is 6.03 Å². The molecule has 6 nitrogen and oxygen atoms in total. The highest BCUT2D eigenvalue weighted by molar-refractivity contribution is 6.09. The molecule has 1 saturated carbocycles. The van der Waals surface area contributed by atoms with Crippen molar-refractivity contribution in [1.29, 1.82) is 0 Å². The first kappa shape index (κ1) is 19.5. The molecule has 1 N–H and O–H groups in total. The van der Waals surface area contributed by atoms with Crippen LogP contribution in [0.1, 0.15) is 51.0 Å². The normalized spacial score (nSPS) is 24.4. The predicted octanol–water partition coefficient (Wildman–Crippen LogP) is 3.18. The molecule has 154 valence electrons. The lowest BCUT2D eigenvalue weighted by molar-refractivity contribution is -0.138. The molecular weight excluding hydrogens is 380 g/mol.